The number of nitrogens with zero attached hydrogens (tertiary/aromatic N) is 1. The van der Waals surface area contributed by atoms with Crippen molar-refractivity contribution < 1.29 is 9.59 Å². The zero-order valence-corrected chi connectivity index (χ0v) is 17.2. The van der Waals surface area contributed by atoms with Gasteiger partial charge in [0, 0.05) is 17.9 Å². The van der Waals surface area contributed by atoms with E-state index in [0.717, 1.165) is 41.9 Å². The Hall–Kier alpha value is -2.82. The second-order valence-electron chi connectivity index (χ2n) is 7.76. The molecule has 0 atom stereocenters. The first kappa shape index (κ1) is 19.9. The van der Waals surface area contributed by atoms with Crippen molar-refractivity contribution in [2.24, 2.45) is 0 Å². The van der Waals surface area contributed by atoms with Crippen molar-refractivity contribution in [3.05, 3.63) is 58.1 Å². The highest BCUT2D eigenvalue weighted by atomic mass is 16.2. The first-order valence-corrected chi connectivity index (χ1v) is 9.82. The molecule has 1 aliphatic heterocycles. The number of aryl methyl sites for hydroxylation is 5. The van der Waals surface area contributed by atoms with Crippen LogP contribution >= 0.6 is 0 Å². The summed E-state index contributed by atoms with van der Waals surface area (Å²) in [6, 6.07) is 10.4. The van der Waals surface area contributed by atoms with Crippen molar-refractivity contribution in [3.63, 3.8) is 0 Å². The molecule has 148 valence electrons. The summed E-state index contributed by atoms with van der Waals surface area (Å²) in [6.07, 6.45) is 2.09. The number of hydrogen-bond donors (Lipinski definition) is 2. The first-order valence-electron chi connectivity index (χ1n) is 9.82. The molecule has 2 aromatic carbocycles. The van der Waals surface area contributed by atoms with Gasteiger partial charge < -0.3 is 15.5 Å². The number of benzene rings is 2. The van der Waals surface area contributed by atoms with Gasteiger partial charge in [0.2, 0.25) is 11.8 Å². The summed E-state index contributed by atoms with van der Waals surface area (Å²) >= 11 is 0. The largest absolute Gasteiger partial charge is 0.362 e. The standard InChI is InChI=1S/C23H29N3O2/c1-15-7-8-20-19(12-15)6-5-9-26(20)14-22(28)24-13-21(27)25-23-17(3)10-16(2)11-18(23)4/h7-8,10-12H,5-6,9,13-14H2,1-4H3,(H,24,28)(H,25,27). The minimum absolute atomic E-state index is 0.0276. The number of rotatable bonds is 5. The third kappa shape index (κ3) is 4.71. The van der Waals surface area contributed by atoms with Crippen LogP contribution < -0.4 is 15.5 Å². The molecule has 28 heavy (non-hydrogen) atoms. The number of hydrogen-bond acceptors (Lipinski definition) is 3. The lowest BCUT2D eigenvalue weighted by molar-refractivity contribution is -0.123. The summed E-state index contributed by atoms with van der Waals surface area (Å²) in [7, 11) is 0. The highest BCUT2D eigenvalue weighted by molar-refractivity contribution is 5.96. The molecule has 0 aliphatic carbocycles. The summed E-state index contributed by atoms with van der Waals surface area (Å²) in [5.41, 5.74) is 7.70. The van der Waals surface area contributed by atoms with E-state index >= 15 is 0 Å². The van der Waals surface area contributed by atoms with Gasteiger partial charge in [-0.2, -0.15) is 0 Å². The van der Waals surface area contributed by atoms with Gasteiger partial charge in [-0.3, -0.25) is 9.59 Å². The summed E-state index contributed by atoms with van der Waals surface area (Å²) in [6.45, 7) is 9.17. The van der Waals surface area contributed by atoms with Crippen LogP contribution in [0.2, 0.25) is 0 Å². The van der Waals surface area contributed by atoms with Crippen molar-refractivity contribution in [1.82, 2.24) is 5.32 Å². The van der Waals surface area contributed by atoms with Gasteiger partial charge in [0.05, 0.1) is 13.1 Å². The van der Waals surface area contributed by atoms with E-state index in [4.69, 9.17) is 0 Å². The Morgan fingerprint density at radius 2 is 1.68 bits per heavy atom. The monoisotopic (exact) mass is 379 g/mol. The van der Waals surface area contributed by atoms with E-state index in [1.807, 2.05) is 32.9 Å². The zero-order valence-electron chi connectivity index (χ0n) is 17.2. The van der Waals surface area contributed by atoms with E-state index < -0.39 is 0 Å². The molecule has 0 radical (unpaired) electrons. The van der Waals surface area contributed by atoms with Crippen LogP contribution in [-0.2, 0) is 16.0 Å². The summed E-state index contributed by atoms with van der Waals surface area (Å²) in [5.74, 6) is -0.348. The summed E-state index contributed by atoms with van der Waals surface area (Å²) < 4.78 is 0. The first-order chi connectivity index (χ1) is 13.3. The lowest BCUT2D eigenvalue weighted by Gasteiger charge is -2.31. The van der Waals surface area contributed by atoms with E-state index in [9.17, 15) is 9.59 Å². The number of fused-ring (bicyclic) bond motifs is 1. The Labute approximate surface area is 167 Å². The molecular weight excluding hydrogens is 350 g/mol. The van der Waals surface area contributed by atoms with Crippen molar-refractivity contribution in [2.45, 2.75) is 40.5 Å². The molecule has 0 saturated heterocycles. The SMILES string of the molecule is Cc1cc(C)c(NC(=O)CNC(=O)CN2CCCc3cc(C)ccc32)c(C)c1. The van der Waals surface area contributed by atoms with E-state index in [2.05, 4.69) is 40.7 Å². The van der Waals surface area contributed by atoms with Crippen LogP contribution in [0.15, 0.2) is 30.3 Å². The summed E-state index contributed by atoms with van der Waals surface area (Å²) in [5, 5.41) is 5.67. The molecule has 2 N–H and O–H groups in total. The van der Waals surface area contributed by atoms with Crippen molar-refractivity contribution >= 4 is 23.2 Å². The third-order valence-electron chi connectivity index (χ3n) is 5.17. The molecule has 0 aromatic heterocycles. The molecule has 5 heteroatoms. The second kappa shape index (κ2) is 8.46. The molecule has 0 spiro atoms. The maximum Gasteiger partial charge on any atom is 0.243 e. The normalized spacial score (nSPS) is 13.1. The molecule has 2 aromatic rings. The Kier molecular flexibility index (Phi) is 6.02. The van der Waals surface area contributed by atoms with Crippen LogP contribution in [-0.4, -0.2) is 31.4 Å². The number of carbonyl (C=O) groups excluding carboxylic acids is 2. The minimum Gasteiger partial charge on any atom is -0.362 e. The van der Waals surface area contributed by atoms with E-state index in [1.165, 1.54) is 16.7 Å². The zero-order chi connectivity index (χ0) is 20.3. The number of nitrogens with one attached hydrogen (secondary N) is 2. The third-order valence-corrected chi connectivity index (χ3v) is 5.17. The molecule has 1 heterocycles. The van der Waals surface area contributed by atoms with Gasteiger partial charge in [0.25, 0.3) is 0 Å². The lowest BCUT2D eigenvalue weighted by Crippen LogP contribution is -2.42. The highest BCUT2D eigenvalue weighted by Gasteiger charge is 2.19. The van der Waals surface area contributed by atoms with Gasteiger partial charge >= 0.3 is 0 Å². The predicted molar refractivity (Wildman–Crippen MR) is 114 cm³/mol. The lowest BCUT2D eigenvalue weighted by atomic mass is 9.99. The van der Waals surface area contributed by atoms with Gasteiger partial charge in [0.15, 0.2) is 0 Å². The molecule has 0 unspecified atom stereocenters. The average molecular weight is 380 g/mol. The molecule has 2 amide bonds. The smallest absolute Gasteiger partial charge is 0.243 e. The molecule has 0 saturated carbocycles. The van der Waals surface area contributed by atoms with Crippen LogP contribution in [0.1, 0.15) is 34.2 Å². The van der Waals surface area contributed by atoms with Gasteiger partial charge in [-0.15, -0.1) is 0 Å². The maximum atomic E-state index is 12.4. The molecule has 1 aliphatic rings. The molecule has 5 nitrogen and oxygen atoms in total. The van der Waals surface area contributed by atoms with Gasteiger partial charge in [-0.1, -0.05) is 35.4 Å². The topological polar surface area (TPSA) is 61.4 Å². The van der Waals surface area contributed by atoms with E-state index in [1.54, 1.807) is 0 Å². The number of anilines is 2. The van der Waals surface area contributed by atoms with Crippen molar-refractivity contribution in [3.8, 4) is 0 Å². The molecule has 0 fully saturated rings. The predicted octanol–water partition coefficient (Wildman–Crippen LogP) is 3.43. The van der Waals surface area contributed by atoms with Crippen LogP contribution in [0.3, 0.4) is 0 Å². The average Bonchev–Trinajstić information content (AvgIpc) is 2.63. The highest BCUT2D eigenvalue weighted by Crippen LogP contribution is 2.27. The van der Waals surface area contributed by atoms with Gasteiger partial charge in [-0.05, 0) is 63.3 Å². The van der Waals surface area contributed by atoms with Crippen LogP contribution in [0.25, 0.3) is 0 Å². The fourth-order valence-corrected chi connectivity index (χ4v) is 3.94. The Morgan fingerprint density at radius 1 is 0.964 bits per heavy atom. The van der Waals surface area contributed by atoms with Gasteiger partial charge in [-0.25, -0.2) is 0 Å². The van der Waals surface area contributed by atoms with Crippen LogP contribution in [0, 0.1) is 27.7 Å². The summed E-state index contributed by atoms with van der Waals surface area (Å²) in [4.78, 5) is 26.8. The molecular formula is C23H29N3O2. The second-order valence-corrected chi connectivity index (χ2v) is 7.76. The fourth-order valence-electron chi connectivity index (χ4n) is 3.94. The van der Waals surface area contributed by atoms with Crippen molar-refractivity contribution in [2.75, 3.05) is 29.9 Å². The number of amides is 2. The van der Waals surface area contributed by atoms with Crippen molar-refractivity contribution in [1.29, 1.82) is 0 Å². The maximum absolute atomic E-state index is 12.4. The fraction of sp³-hybridized carbons (Fsp3) is 0.391. The van der Waals surface area contributed by atoms with Crippen LogP contribution in [0.5, 0.6) is 0 Å². The quantitative estimate of drug-likeness (QED) is 0.837. The van der Waals surface area contributed by atoms with E-state index in [-0.39, 0.29) is 24.9 Å². The van der Waals surface area contributed by atoms with Gasteiger partial charge in [0.1, 0.15) is 0 Å². The molecule has 3 rings (SSSR count). The Morgan fingerprint density at radius 3 is 2.39 bits per heavy atom. The van der Waals surface area contributed by atoms with Crippen LogP contribution in [0.4, 0.5) is 11.4 Å². The Balaban J connectivity index is 1.55. The minimum atomic E-state index is -0.210. The van der Waals surface area contributed by atoms with E-state index in [0.29, 0.717) is 0 Å². The Bertz CT molecular complexity index is 882. The number of carbonyl (C=O) groups is 2. The molecule has 0 bridgehead atoms.